The Balaban J connectivity index is 1.72. The van der Waals surface area contributed by atoms with Gasteiger partial charge in [-0.2, -0.15) is 0 Å². The quantitative estimate of drug-likeness (QED) is 0.292. The fourth-order valence-electron chi connectivity index (χ4n) is 3.39. The molecule has 0 saturated carbocycles. The highest BCUT2D eigenvalue weighted by atomic mass is 16.4. The number of benzene rings is 2. The maximum atomic E-state index is 13.1. The van der Waals surface area contributed by atoms with E-state index in [2.05, 4.69) is 20.6 Å². The van der Waals surface area contributed by atoms with Crippen molar-refractivity contribution in [1.29, 1.82) is 0 Å². The minimum Gasteiger partial charge on any atom is -0.480 e. The van der Waals surface area contributed by atoms with Crippen LogP contribution in [0.1, 0.15) is 16.8 Å². The van der Waals surface area contributed by atoms with Crippen LogP contribution in [0.4, 0.5) is 0 Å². The number of carboxylic acid groups (broad SMARTS) is 1. The molecule has 1 aromatic heterocycles. The fraction of sp³-hybridized carbons (Fsp3) is 0.250. The minimum atomic E-state index is -1.16. The maximum absolute atomic E-state index is 13.1. The first kappa shape index (κ1) is 23.7. The first-order valence-corrected chi connectivity index (χ1v) is 10.6. The van der Waals surface area contributed by atoms with Crippen LogP contribution in [0.15, 0.2) is 73.2 Å². The van der Waals surface area contributed by atoms with Crippen LogP contribution < -0.4 is 16.4 Å². The number of aliphatic carboxylic acids is 1. The molecule has 6 N–H and O–H groups in total. The summed E-state index contributed by atoms with van der Waals surface area (Å²) in [4.78, 5) is 44.4. The lowest BCUT2D eigenvalue weighted by Gasteiger charge is -2.23. The van der Waals surface area contributed by atoms with Gasteiger partial charge in [-0.15, -0.1) is 0 Å². The van der Waals surface area contributed by atoms with Gasteiger partial charge in [0, 0.05) is 31.2 Å². The van der Waals surface area contributed by atoms with Gasteiger partial charge < -0.3 is 26.5 Å². The van der Waals surface area contributed by atoms with Crippen LogP contribution in [0.5, 0.6) is 0 Å². The molecule has 33 heavy (non-hydrogen) atoms. The van der Waals surface area contributed by atoms with Crippen molar-refractivity contribution in [3.8, 4) is 0 Å². The highest BCUT2D eigenvalue weighted by Crippen LogP contribution is 2.08. The molecule has 2 amide bonds. The molecule has 3 atom stereocenters. The van der Waals surface area contributed by atoms with Crippen LogP contribution in [-0.2, 0) is 33.6 Å². The number of carboxylic acids is 1. The number of nitrogens with two attached hydrogens (primary N) is 1. The molecule has 2 aromatic carbocycles. The van der Waals surface area contributed by atoms with Crippen molar-refractivity contribution in [3.05, 3.63) is 90.0 Å². The lowest BCUT2D eigenvalue weighted by molar-refractivity contribution is -0.142. The molecule has 0 radical (unpaired) electrons. The van der Waals surface area contributed by atoms with Crippen LogP contribution >= 0.6 is 0 Å². The van der Waals surface area contributed by atoms with E-state index >= 15 is 0 Å². The summed E-state index contributed by atoms with van der Waals surface area (Å²) in [5.74, 6) is -2.27. The van der Waals surface area contributed by atoms with Crippen LogP contribution in [-0.4, -0.2) is 51.0 Å². The Labute approximate surface area is 191 Å². The normalized spacial score (nSPS) is 13.5. The molecule has 172 valence electrons. The van der Waals surface area contributed by atoms with Crippen LogP contribution in [0.25, 0.3) is 0 Å². The summed E-state index contributed by atoms with van der Waals surface area (Å²) in [7, 11) is 0. The van der Waals surface area contributed by atoms with Crippen molar-refractivity contribution in [3.63, 3.8) is 0 Å². The Bertz CT molecular complexity index is 1040. The largest absolute Gasteiger partial charge is 0.480 e. The predicted molar refractivity (Wildman–Crippen MR) is 122 cm³/mol. The van der Waals surface area contributed by atoms with Gasteiger partial charge in [-0.05, 0) is 11.1 Å². The predicted octanol–water partition coefficient (Wildman–Crippen LogP) is 0.819. The number of aromatic amines is 1. The highest BCUT2D eigenvalue weighted by Gasteiger charge is 2.28. The molecule has 0 unspecified atom stereocenters. The van der Waals surface area contributed by atoms with Gasteiger partial charge >= 0.3 is 5.97 Å². The summed E-state index contributed by atoms with van der Waals surface area (Å²) < 4.78 is 0. The number of carbonyl (C=O) groups excluding carboxylic acids is 2. The van der Waals surface area contributed by atoms with E-state index in [1.165, 1.54) is 6.33 Å². The maximum Gasteiger partial charge on any atom is 0.326 e. The van der Waals surface area contributed by atoms with Crippen molar-refractivity contribution in [2.45, 2.75) is 37.4 Å². The Kier molecular flexibility index (Phi) is 8.31. The topological polar surface area (TPSA) is 150 Å². The van der Waals surface area contributed by atoms with E-state index in [1.54, 1.807) is 30.5 Å². The number of aromatic nitrogens is 2. The van der Waals surface area contributed by atoms with Crippen molar-refractivity contribution in [2.75, 3.05) is 0 Å². The number of amides is 2. The number of nitrogens with one attached hydrogen (secondary N) is 3. The average molecular weight is 450 g/mol. The van der Waals surface area contributed by atoms with Gasteiger partial charge in [0.1, 0.15) is 12.1 Å². The number of rotatable bonds is 11. The number of hydrogen-bond donors (Lipinski definition) is 5. The molecule has 9 nitrogen and oxygen atoms in total. The second kappa shape index (κ2) is 11.6. The van der Waals surface area contributed by atoms with Gasteiger partial charge in [-0.25, -0.2) is 9.78 Å². The molecule has 0 aliphatic rings. The third-order valence-electron chi connectivity index (χ3n) is 5.14. The number of hydrogen-bond acceptors (Lipinski definition) is 5. The van der Waals surface area contributed by atoms with Crippen LogP contribution in [0, 0.1) is 0 Å². The lowest BCUT2D eigenvalue weighted by Crippen LogP contribution is -2.55. The third kappa shape index (κ3) is 7.29. The molecule has 0 spiro atoms. The van der Waals surface area contributed by atoms with E-state index in [9.17, 15) is 19.5 Å². The molecule has 0 bridgehead atoms. The molecular weight excluding hydrogens is 422 g/mol. The average Bonchev–Trinajstić information content (AvgIpc) is 3.32. The zero-order valence-electron chi connectivity index (χ0n) is 18.0. The van der Waals surface area contributed by atoms with E-state index in [0.717, 1.165) is 11.1 Å². The summed E-state index contributed by atoms with van der Waals surface area (Å²) in [6.07, 6.45) is 3.59. The third-order valence-corrected chi connectivity index (χ3v) is 5.14. The lowest BCUT2D eigenvalue weighted by atomic mass is 10.0. The Morgan fingerprint density at radius 3 is 1.91 bits per heavy atom. The SMILES string of the molecule is N[C@@H](Cc1cnc[nH]1)C(=O)N[C@H](Cc1ccccc1)C(=O)N[C@H](Cc1ccccc1)C(=O)O. The summed E-state index contributed by atoms with van der Waals surface area (Å²) in [6.45, 7) is 0. The van der Waals surface area contributed by atoms with Crippen molar-refractivity contribution < 1.29 is 19.5 Å². The molecule has 0 aliphatic heterocycles. The summed E-state index contributed by atoms with van der Waals surface area (Å²) in [6, 6.07) is 15.1. The molecule has 0 saturated heterocycles. The highest BCUT2D eigenvalue weighted by molar-refractivity contribution is 5.92. The second-order valence-electron chi connectivity index (χ2n) is 7.73. The molecule has 9 heteroatoms. The molecule has 3 aromatic rings. The summed E-state index contributed by atoms with van der Waals surface area (Å²) >= 11 is 0. The van der Waals surface area contributed by atoms with Gasteiger partial charge in [-0.1, -0.05) is 60.7 Å². The molecular formula is C24H27N5O4. The number of H-pyrrole nitrogens is 1. The van der Waals surface area contributed by atoms with Crippen LogP contribution in [0.2, 0.25) is 0 Å². The first-order valence-electron chi connectivity index (χ1n) is 10.6. The molecule has 0 aliphatic carbocycles. The second-order valence-corrected chi connectivity index (χ2v) is 7.73. The monoisotopic (exact) mass is 449 g/mol. The number of carbonyl (C=O) groups is 3. The van der Waals surface area contributed by atoms with E-state index in [-0.39, 0.29) is 19.3 Å². The molecule has 0 fully saturated rings. The van der Waals surface area contributed by atoms with Crippen molar-refractivity contribution in [1.82, 2.24) is 20.6 Å². The van der Waals surface area contributed by atoms with E-state index < -0.39 is 35.9 Å². The van der Waals surface area contributed by atoms with Crippen LogP contribution in [0.3, 0.4) is 0 Å². The van der Waals surface area contributed by atoms with Gasteiger partial charge in [0.2, 0.25) is 11.8 Å². The van der Waals surface area contributed by atoms with Gasteiger partial charge in [0.05, 0.1) is 12.4 Å². The molecule has 1 heterocycles. The van der Waals surface area contributed by atoms with Crippen molar-refractivity contribution in [2.24, 2.45) is 5.73 Å². The minimum absolute atomic E-state index is 0.118. The standard InChI is InChI=1S/C24H27N5O4/c25-19(13-18-14-26-15-27-18)22(30)28-20(11-16-7-3-1-4-8-16)23(31)29-21(24(32)33)12-17-9-5-2-6-10-17/h1-10,14-15,19-21H,11-13,25H2,(H,26,27)(H,28,30)(H,29,31)(H,32,33)/t19-,20+,21+/m0/s1. The van der Waals surface area contributed by atoms with Gasteiger partial charge in [0.15, 0.2) is 0 Å². The summed E-state index contributed by atoms with van der Waals surface area (Å²) in [5, 5.41) is 14.9. The Morgan fingerprint density at radius 2 is 1.39 bits per heavy atom. The Morgan fingerprint density at radius 1 is 0.848 bits per heavy atom. The smallest absolute Gasteiger partial charge is 0.326 e. The number of imidazole rings is 1. The zero-order valence-corrected chi connectivity index (χ0v) is 18.0. The fourth-order valence-corrected chi connectivity index (χ4v) is 3.39. The Hall–Kier alpha value is -3.98. The number of nitrogens with zero attached hydrogens (tertiary/aromatic N) is 1. The first-order chi connectivity index (χ1) is 15.9. The van der Waals surface area contributed by atoms with E-state index in [4.69, 9.17) is 5.73 Å². The zero-order chi connectivity index (χ0) is 23.6. The van der Waals surface area contributed by atoms with Crippen molar-refractivity contribution >= 4 is 17.8 Å². The van der Waals surface area contributed by atoms with E-state index in [1.807, 2.05) is 36.4 Å². The van der Waals surface area contributed by atoms with Gasteiger partial charge in [0.25, 0.3) is 0 Å². The summed E-state index contributed by atoms with van der Waals surface area (Å²) in [5.41, 5.74) is 8.29. The van der Waals surface area contributed by atoms with E-state index in [0.29, 0.717) is 5.69 Å². The molecule has 3 rings (SSSR count). The van der Waals surface area contributed by atoms with Gasteiger partial charge in [-0.3, -0.25) is 9.59 Å².